The number of aryl methyl sites for hydroxylation is 2. The average molecular weight is 232 g/mol. The van der Waals surface area contributed by atoms with Crippen LogP contribution in [0.3, 0.4) is 0 Å². The second-order valence-electron chi connectivity index (χ2n) is 4.79. The summed E-state index contributed by atoms with van der Waals surface area (Å²) in [7, 11) is 0. The number of pyridine rings is 1. The zero-order valence-corrected chi connectivity index (χ0v) is 10.8. The first-order valence-corrected chi connectivity index (χ1v) is 6.10. The van der Waals surface area contributed by atoms with Crippen molar-refractivity contribution in [2.45, 2.75) is 33.8 Å². The molecular formula is C14H20N2O. The Balaban J connectivity index is 2.37. The summed E-state index contributed by atoms with van der Waals surface area (Å²) in [6.45, 7) is 8.16. The lowest BCUT2D eigenvalue weighted by atomic mass is 10.1. The van der Waals surface area contributed by atoms with E-state index < -0.39 is 0 Å². The smallest absolute Gasteiger partial charge is 0.134 e. The third kappa shape index (κ3) is 2.50. The van der Waals surface area contributed by atoms with Gasteiger partial charge in [-0.1, -0.05) is 11.6 Å². The van der Waals surface area contributed by atoms with Crippen LogP contribution in [0.15, 0.2) is 17.7 Å². The number of hydrogen-bond acceptors (Lipinski definition) is 3. The SMILES string of the molecule is CC1=CCN(c2nc(C)cc(C)c2CO)CC1. The highest BCUT2D eigenvalue weighted by molar-refractivity contribution is 5.52. The van der Waals surface area contributed by atoms with E-state index >= 15 is 0 Å². The summed E-state index contributed by atoms with van der Waals surface area (Å²) in [6, 6.07) is 2.03. The molecule has 0 saturated heterocycles. The largest absolute Gasteiger partial charge is 0.392 e. The molecule has 92 valence electrons. The molecule has 0 aromatic carbocycles. The van der Waals surface area contributed by atoms with Crippen LogP contribution in [0.4, 0.5) is 5.82 Å². The van der Waals surface area contributed by atoms with Crippen LogP contribution in [0.25, 0.3) is 0 Å². The molecule has 1 aromatic heterocycles. The molecule has 17 heavy (non-hydrogen) atoms. The van der Waals surface area contributed by atoms with Gasteiger partial charge < -0.3 is 10.0 Å². The zero-order valence-electron chi connectivity index (χ0n) is 10.8. The van der Waals surface area contributed by atoms with Gasteiger partial charge in [0, 0.05) is 24.3 Å². The molecule has 0 fully saturated rings. The maximum Gasteiger partial charge on any atom is 0.134 e. The summed E-state index contributed by atoms with van der Waals surface area (Å²) in [5.41, 5.74) is 4.54. The van der Waals surface area contributed by atoms with Crippen LogP contribution in [0.2, 0.25) is 0 Å². The van der Waals surface area contributed by atoms with Gasteiger partial charge in [-0.05, 0) is 38.8 Å². The highest BCUT2D eigenvalue weighted by Crippen LogP contribution is 2.25. The summed E-state index contributed by atoms with van der Waals surface area (Å²) in [5, 5.41) is 9.49. The fourth-order valence-electron chi connectivity index (χ4n) is 2.26. The lowest BCUT2D eigenvalue weighted by Crippen LogP contribution is -2.30. The predicted octanol–water partition coefficient (Wildman–Crippen LogP) is 2.35. The topological polar surface area (TPSA) is 36.4 Å². The monoisotopic (exact) mass is 232 g/mol. The second-order valence-corrected chi connectivity index (χ2v) is 4.79. The molecule has 0 amide bonds. The molecule has 1 aliphatic heterocycles. The van der Waals surface area contributed by atoms with E-state index in [1.54, 1.807) is 0 Å². The Morgan fingerprint density at radius 3 is 2.71 bits per heavy atom. The molecule has 0 saturated carbocycles. The summed E-state index contributed by atoms with van der Waals surface area (Å²) in [6.07, 6.45) is 3.32. The van der Waals surface area contributed by atoms with Gasteiger partial charge >= 0.3 is 0 Å². The minimum Gasteiger partial charge on any atom is -0.392 e. The van der Waals surface area contributed by atoms with Crippen molar-refractivity contribution in [3.05, 3.63) is 34.5 Å². The van der Waals surface area contributed by atoms with Crippen molar-refractivity contribution in [1.82, 2.24) is 4.98 Å². The predicted molar refractivity (Wildman–Crippen MR) is 70.2 cm³/mol. The molecule has 0 atom stereocenters. The molecule has 1 aromatic rings. The number of anilines is 1. The number of aliphatic hydroxyl groups is 1. The van der Waals surface area contributed by atoms with E-state index in [4.69, 9.17) is 0 Å². The zero-order chi connectivity index (χ0) is 12.4. The maximum atomic E-state index is 9.49. The number of aromatic nitrogens is 1. The van der Waals surface area contributed by atoms with E-state index in [1.165, 1.54) is 5.57 Å². The Hall–Kier alpha value is -1.35. The van der Waals surface area contributed by atoms with Crippen LogP contribution in [0.1, 0.15) is 30.2 Å². The van der Waals surface area contributed by atoms with Crippen LogP contribution >= 0.6 is 0 Å². The van der Waals surface area contributed by atoms with E-state index in [2.05, 4.69) is 22.9 Å². The molecule has 0 aliphatic carbocycles. The van der Waals surface area contributed by atoms with Crippen LogP contribution in [-0.2, 0) is 6.61 Å². The summed E-state index contributed by atoms with van der Waals surface area (Å²) >= 11 is 0. The van der Waals surface area contributed by atoms with Gasteiger partial charge in [0.15, 0.2) is 0 Å². The van der Waals surface area contributed by atoms with Crippen LogP contribution in [0, 0.1) is 13.8 Å². The first-order chi connectivity index (χ1) is 8.11. The van der Waals surface area contributed by atoms with Crippen molar-refractivity contribution in [3.8, 4) is 0 Å². The Labute approximate surface area is 103 Å². The highest BCUT2D eigenvalue weighted by Gasteiger charge is 2.16. The number of rotatable bonds is 2. The highest BCUT2D eigenvalue weighted by atomic mass is 16.3. The Morgan fingerprint density at radius 1 is 1.35 bits per heavy atom. The Morgan fingerprint density at radius 2 is 2.12 bits per heavy atom. The van der Waals surface area contributed by atoms with E-state index in [9.17, 15) is 5.11 Å². The quantitative estimate of drug-likeness (QED) is 0.795. The molecule has 0 unspecified atom stereocenters. The second kappa shape index (κ2) is 4.88. The van der Waals surface area contributed by atoms with Gasteiger partial charge in [0.1, 0.15) is 5.82 Å². The van der Waals surface area contributed by atoms with Gasteiger partial charge in [-0.25, -0.2) is 4.98 Å². The van der Waals surface area contributed by atoms with E-state index in [0.717, 1.165) is 42.1 Å². The summed E-state index contributed by atoms with van der Waals surface area (Å²) < 4.78 is 0. The van der Waals surface area contributed by atoms with Crippen LogP contribution in [0.5, 0.6) is 0 Å². The van der Waals surface area contributed by atoms with Crippen LogP contribution in [-0.4, -0.2) is 23.2 Å². The molecule has 3 nitrogen and oxygen atoms in total. The van der Waals surface area contributed by atoms with Crippen molar-refractivity contribution in [1.29, 1.82) is 0 Å². The number of aliphatic hydroxyl groups excluding tert-OH is 1. The van der Waals surface area contributed by atoms with E-state index in [-0.39, 0.29) is 6.61 Å². The molecular weight excluding hydrogens is 212 g/mol. The lowest BCUT2D eigenvalue weighted by molar-refractivity contribution is 0.280. The van der Waals surface area contributed by atoms with Gasteiger partial charge in [-0.3, -0.25) is 0 Å². The van der Waals surface area contributed by atoms with Crippen molar-refractivity contribution < 1.29 is 5.11 Å². The summed E-state index contributed by atoms with van der Waals surface area (Å²) in [5.74, 6) is 0.953. The molecule has 3 heteroatoms. The molecule has 0 radical (unpaired) electrons. The normalized spacial score (nSPS) is 16.0. The number of nitrogens with zero attached hydrogens (tertiary/aromatic N) is 2. The minimum atomic E-state index is 0.0631. The van der Waals surface area contributed by atoms with Gasteiger partial charge in [0.05, 0.1) is 6.61 Å². The van der Waals surface area contributed by atoms with Crippen molar-refractivity contribution in [3.63, 3.8) is 0 Å². The fraction of sp³-hybridized carbons (Fsp3) is 0.500. The Bertz CT molecular complexity index is 452. The molecule has 1 N–H and O–H groups in total. The van der Waals surface area contributed by atoms with Gasteiger partial charge in [-0.15, -0.1) is 0 Å². The molecule has 0 spiro atoms. The fourth-order valence-corrected chi connectivity index (χ4v) is 2.26. The maximum absolute atomic E-state index is 9.49. The third-order valence-corrected chi connectivity index (χ3v) is 3.35. The lowest BCUT2D eigenvalue weighted by Gasteiger charge is -2.29. The standard InChI is InChI=1S/C14H20N2O/c1-10-4-6-16(7-5-10)14-13(9-17)11(2)8-12(3)15-14/h4,8,17H,5-7,9H2,1-3H3. The van der Waals surface area contributed by atoms with Gasteiger partial charge in [-0.2, -0.15) is 0 Å². The number of hydrogen-bond donors (Lipinski definition) is 1. The van der Waals surface area contributed by atoms with Gasteiger partial charge in [0.2, 0.25) is 0 Å². The van der Waals surface area contributed by atoms with Crippen molar-refractivity contribution in [2.75, 3.05) is 18.0 Å². The van der Waals surface area contributed by atoms with E-state index in [0.29, 0.717) is 0 Å². The first kappa shape index (κ1) is 12.1. The van der Waals surface area contributed by atoms with Crippen LogP contribution < -0.4 is 4.90 Å². The molecule has 0 bridgehead atoms. The first-order valence-electron chi connectivity index (χ1n) is 6.10. The summed E-state index contributed by atoms with van der Waals surface area (Å²) in [4.78, 5) is 6.84. The molecule has 1 aliphatic rings. The molecule has 2 rings (SSSR count). The molecule has 2 heterocycles. The third-order valence-electron chi connectivity index (χ3n) is 3.35. The van der Waals surface area contributed by atoms with Crippen molar-refractivity contribution >= 4 is 5.82 Å². The van der Waals surface area contributed by atoms with Crippen molar-refractivity contribution in [2.24, 2.45) is 0 Å². The van der Waals surface area contributed by atoms with Gasteiger partial charge in [0.25, 0.3) is 0 Å². The minimum absolute atomic E-state index is 0.0631. The Kier molecular flexibility index (Phi) is 3.48. The average Bonchev–Trinajstić information content (AvgIpc) is 2.29. The van der Waals surface area contributed by atoms with E-state index in [1.807, 2.05) is 19.9 Å².